The zero-order chi connectivity index (χ0) is 16.0. The first-order valence-corrected chi connectivity index (χ1v) is 8.44. The van der Waals surface area contributed by atoms with Crippen molar-refractivity contribution in [2.24, 2.45) is 23.0 Å². The monoisotopic (exact) mass is 297 g/mol. The van der Waals surface area contributed by atoms with Crippen molar-refractivity contribution in [3.63, 3.8) is 0 Å². The van der Waals surface area contributed by atoms with Crippen LogP contribution in [0.5, 0.6) is 0 Å². The van der Waals surface area contributed by atoms with E-state index in [0.717, 1.165) is 45.1 Å². The van der Waals surface area contributed by atoms with Crippen LogP contribution in [0.1, 0.15) is 47.5 Å². The number of hydrogen-bond donors (Lipinski definition) is 1. The molecule has 4 nitrogen and oxygen atoms in total. The molecule has 0 aromatic heterocycles. The Morgan fingerprint density at radius 1 is 1.14 bits per heavy atom. The van der Waals surface area contributed by atoms with Gasteiger partial charge in [-0.2, -0.15) is 0 Å². The van der Waals surface area contributed by atoms with E-state index in [9.17, 15) is 4.79 Å². The molecule has 1 heterocycles. The molecule has 4 heteroatoms. The number of nitrogens with zero attached hydrogens (tertiary/aromatic N) is 2. The van der Waals surface area contributed by atoms with E-state index >= 15 is 0 Å². The van der Waals surface area contributed by atoms with Crippen LogP contribution < -0.4 is 5.73 Å². The van der Waals surface area contributed by atoms with Crippen LogP contribution in [-0.4, -0.2) is 55.0 Å². The van der Waals surface area contributed by atoms with Crippen molar-refractivity contribution in [2.75, 3.05) is 39.3 Å². The summed E-state index contributed by atoms with van der Waals surface area (Å²) in [4.78, 5) is 17.1. The van der Waals surface area contributed by atoms with Crippen LogP contribution in [0.15, 0.2) is 0 Å². The zero-order valence-corrected chi connectivity index (χ0v) is 14.7. The molecule has 21 heavy (non-hydrogen) atoms. The summed E-state index contributed by atoms with van der Waals surface area (Å²) in [5.74, 6) is 0.987. The van der Waals surface area contributed by atoms with Gasteiger partial charge >= 0.3 is 0 Å². The summed E-state index contributed by atoms with van der Waals surface area (Å²) < 4.78 is 0. The Bertz CT molecular complexity index is 314. The Hall–Kier alpha value is -0.610. The third-order valence-corrected chi connectivity index (χ3v) is 4.20. The molecule has 0 saturated carbocycles. The van der Waals surface area contributed by atoms with Crippen molar-refractivity contribution in [1.29, 1.82) is 0 Å². The van der Waals surface area contributed by atoms with Gasteiger partial charge in [-0.1, -0.05) is 34.6 Å². The summed E-state index contributed by atoms with van der Waals surface area (Å²) in [5, 5.41) is 0. The topological polar surface area (TPSA) is 49.6 Å². The molecule has 0 bridgehead atoms. The third kappa shape index (κ3) is 6.79. The lowest BCUT2D eigenvalue weighted by Crippen LogP contribution is -2.51. The quantitative estimate of drug-likeness (QED) is 0.817. The van der Waals surface area contributed by atoms with Crippen LogP contribution in [0.4, 0.5) is 0 Å². The number of nitrogens with two attached hydrogens (primary N) is 1. The van der Waals surface area contributed by atoms with Gasteiger partial charge in [-0.05, 0) is 30.7 Å². The average molecular weight is 297 g/mol. The second-order valence-corrected chi connectivity index (χ2v) is 8.05. The Morgan fingerprint density at radius 3 is 2.14 bits per heavy atom. The number of carbonyl (C=O) groups excluding carboxylic acids is 1. The maximum absolute atomic E-state index is 12.6. The molecule has 0 aliphatic carbocycles. The standard InChI is InChI=1S/C17H35N3O/c1-14(2)6-7-19-8-10-20(11-9-19)16(21)15(13-18)12-17(3,4)5/h14-15H,6-13,18H2,1-5H3. The van der Waals surface area contributed by atoms with Crippen LogP contribution in [-0.2, 0) is 4.79 Å². The fourth-order valence-corrected chi connectivity index (χ4v) is 2.90. The summed E-state index contributed by atoms with van der Waals surface area (Å²) in [6.45, 7) is 16.4. The maximum atomic E-state index is 12.6. The number of amides is 1. The molecular weight excluding hydrogens is 262 g/mol. The Balaban J connectivity index is 2.43. The summed E-state index contributed by atoms with van der Waals surface area (Å²) in [6, 6.07) is 0. The van der Waals surface area contributed by atoms with Crippen molar-refractivity contribution in [3.8, 4) is 0 Å². The molecule has 1 atom stereocenters. The van der Waals surface area contributed by atoms with Gasteiger partial charge in [-0.25, -0.2) is 0 Å². The minimum atomic E-state index is -0.0211. The SMILES string of the molecule is CC(C)CCN1CCN(C(=O)C(CN)CC(C)(C)C)CC1. The van der Waals surface area contributed by atoms with Gasteiger partial charge in [0.25, 0.3) is 0 Å². The van der Waals surface area contributed by atoms with Gasteiger partial charge < -0.3 is 10.6 Å². The largest absolute Gasteiger partial charge is 0.340 e. The minimum absolute atomic E-state index is 0.0211. The minimum Gasteiger partial charge on any atom is -0.340 e. The van der Waals surface area contributed by atoms with Crippen molar-refractivity contribution in [2.45, 2.75) is 47.5 Å². The Morgan fingerprint density at radius 2 is 1.71 bits per heavy atom. The number of hydrogen-bond acceptors (Lipinski definition) is 3. The fraction of sp³-hybridized carbons (Fsp3) is 0.941. The van der Waals surface area contributed by atoms with Crippen LogP contribution in [0.2, 0.25) is 0 Å². The molecule has 1 saturated heterocycles. The molecule has 1 unspecified atom stereocenters. The van der Waals surface area contributed by atoms with E-state index in [1.807, 2.05) is 4.90 Å². The first-order valence-electron chi connectivity index (χ1n) is 8.44. The molecule has 0 aromatic carbocycles. The molecule has 124 valence electrons. The van der Waals surface area contributed by atoms with E-state index in [1.165, 1.54) is 6.42 Å². The van der Waals surface area contributed by atoms with Crippen LogP contribution >= 0.6 is 0 Å². The van der Waals surface area contributed by atoms with Gasteiger partial charge in [0, 0.05) is 32.7 Å². The van der Waals surface area contributed by atoms with E-state index in [-0.39, 0.29) is 17.2 Å². The summed E-state index contributed by atoms with van der Waals surface area (Å²) in [5.41, 5.74) is 5.99. The molecule has 0 spiro atoms. The zero-order valence-electron chi connectivity index (χ0n) is 14.7. The first-order chi connectivity index (χ1) is 9.73. The maximum Gasteiger partial charge on any atom is 0.227 e. The van der Waals surface area contributed by atoms with Gasteiger partial charge in [0.15, 0.2) is 0 Å². The Labute approximate surface area is 131 Å². The highest BCUT2D eigenvalue weighted by Gasteiger charge is 2.29. The van der Waals surface area contributed by atoms with Gasteiger partial charge in [-0.15, -0.1) is 0 Å². The lowest BCUT2D eigenvalue weighted by Gasteiger charge is -2.37. The lowest BCUT2D eigenvalue weighted by molar-refractivity contribution is -0.138. The fourth-order valence-electron chi connectivity index (χ4n) is 2.90. The lowest BCUT2D eigenvalue weighted by atomic mass is 9.84. The Kier molecular flexibility index (Phi) is 7.14. The molecule has 0 aromatic rings. The first kappa shape index (κ1) is 18.4. The summed E-state index contributed by atoms with van der Waals surface area (Å²) >= 11 is 0. The molecule has 1 rings (SSSR count). The van der Waals surface area contributed by atoms with E-state index < -0.39 is 0 Å². The van der Waals surface area contributed by atoms with E-state index in [0.29, 0.717) is 6.54 Å². The molecule has 1 aliphatic rings. The molecule has 1 amide bonds. The van der Waals surface area contributed by atoms with Gasteiger partial charge in [0.2, 0.25) is 5.91 Å². The van der Waals surface area contributed by atoms with Gasteiger partial charge in [-0.3, -0.25) is 9.69 Å². The summed E-state index contributed by atoms with van der Waals surface area (Å²) in [6.07, 6.45) is 2.11. The van der Waals surface area contributed by atoms with E-state index in [1.54, 1.807) is 0 Å². The predicted molar refractivity (Wildman–Crippen MR) is 89.1 cm³/mol. The van der Waals surface area contributed by atoms with Crippen molar-refractivity contribution in [1.82, 2.24) is 9.80 Å². The molecule has 1 fully saturated rings. The second-order valence-electron chi connectivity index (χ2n) is 8.05. The van der Waals surface area contributed by atoms with E-state index in [2.05, 4.69) is 39.5 Å². The predicted octanol–water partition coefficient (Wildman–Crippen LogP) is 2.19. The highest BCUT2D eigenvalue weighted by molar-refractivity contribution is 5.79. The van der Waals surface area contributed by atoms with Crippen LogP contribution in [0.25, 0.3) is 0 Å². The average Bonchev–Trinajstić information content (AvgIpc) is 2.41. The highest BCUT2D eigenvalue weighted by atomic mass is 16.2. The molecule has 1 aliphatic heterocycles. The van der Waals surface area contributed by atoms with Crippen molar-refractivity contribution in [3.05, 3.63) is 0 Å². The molecular formula is C17H35N3O. The highest BCUT2D eigenvalue weighted by Crippen LogP contribution is 2.25. The second kappa shape index (κ2) is 8.14. The molecule has 2 N–H and O–H groups in total. The van der Waals surface area contributed by atoms with Crippen molar-refractivity contribution >= 4 is 5.91 Å². The number of carbonyl (C=O) groups is 1. The van der Waals surface area contributed by atoms with Crippen molar-refractivity contribution < 1.29 is 4.79 Å². The number of rotatable bonds is 6. The van der Waals surface area contributed by atoms with Crippen LogP contribution in [0, 0.1) is 17.3 Å². The number of piperazine rings is 1. The van der Waals surface area contributed by atoms with Crippen LogP contribution in [0.3, 0.4) is 0 Å². The third-order valence-electron chi connectivity index (χ3n) is 4.20. The summed E-state index contributed by atoms with van der Waals surface area (Å²) in [7, 11) is 0. The normalized spacial score (nSPS) is 19.1. The van der Waals surface area contributed by atoms with Gasteiger partial charge in [0.1, 0.15) is 0 Å². The smallest absolute Gasteiger partial charge is 0.227 e. The molecule has 0 radical (unpaired) electrons. The van der Waals surface area contributed by atoms with Gasteiger partial charge in [0.05, 0.1) is 5.92 Å². The van der Waals surface area contributed by atoms with E-state index in [4.69, 9.17) is 5.73 Å².